The normalized spacial score (nSPS) is 23.7. The van der Waals surface area contributed by atoms with Crippen LogP contribution < -0.4 is 0 Å². The second-order valence-electron chi connectivity index (χ2n) is 7.62. The number of carbonyl (C=O) groups is 1. The Morgan fingerprint density at radius 1 is 1.28 bits per heavy atom. The number of nitrogens with zero attached hydrogens (tertiary/aromatic N) is 1. The van der Waals surface area contributed by atoms with Gasteiger partial charge in [-0.3, -0.25) is 9.78 Å². The lowest BCUT2D eigenvalue weighted by molar-refractivity contribution is -0.150. The number of alkyl halides is 3. The number of methoxy groups -OCH3 is 1. The highest BCUT2D eigenvalue weighted by Crippen LogP contribution is 2.43. The third-order valence-electron chi connectivity index (χ3n) is 6.00. The number of rotatable bonds is 5. The largest absolute Gasteiger partial charge is 0.466 e. The van der Waals surface area contributed by atoms with Gasteiger partial charge in [0, 0.05) is 24.6 Å². The van der Waals surface area contributed by atoms with Crippen LogP contribution in [0, 0.1) is 11.8 Å². The molecule has 1 aromatic carbocycles. The Kier molecular flexibility index (Phi) is 6.46. The Morgan fingerprint density at radius 2 is 2.03 bits per heavy atom. The maximum atomic E-state index is 13.2. The van der Waals surface area contributed by atoms with Gasteiger partial charge in [0.15, 0.2) is 0 Å². The van der Waals surface area contributed by atoms with Gasteiger partial charge in [0.05, 0.1) is 29.7 Å². The van der Waals surface area contributed by atoms with Gasteiger partial charge < -0.3 is 9.47 Å². The number of hydrogen-bond donors (Lipinski definition) is 0. The van der Waals surface area contributed by atoms with Crippen molar-refractivity contribution >= 4 is 16.9 Å². The molecule has 0 bridgehead atoms. The summed E-state index contributed by atoms with van der Waals surface area (Å²) in [5, 5.41) is 0.506. The number of pyridine rings is 1. The van der Waals surface area contributed by atoms with Crippen molar-refractivity contribution in [1.82, 2.24) is 4.98 Å². The molecule has 1 aromatic heterocycles. The fourth-order valence-electron chi connectivity index (χ4n) is 4.36. The summed E-state index contributed by atoms with van der Waals surface area (Å²) < 4.78 is 50.5. The molecule has 0 radical (unpaired) electrons. The summed E-state index contributed by atoms with van der Waals surface area (Å²) in [4.78, 5) is 16.3. The molecule has 1 saturated carbocycles. The van der Waals surface area contributed by atoms with Crippen molar-refractivity contribution in [2.75, 3.05) is 13.7 Å². The first kappa shape index (κ1) is 21.6. The lowest BCUT2D eigenvalue weighted by Crippen LogP contribution is -2.35. The summed E-state index contributed by atoms with van der Waals surface area (Å²) in [7, 11) is 1.61. The fraction of sp³-hybridized carbons (Fsp3) is 0.545. The number of aromatic nitrogens is 1. The molecule has 4 atom stereocenters. The van der Waals surface area contributed by atoms with Crippen LogP contribution in [0.15, 0.2) is 30.5 Å². The zero-order valence-corrected chi connectivity index (χ0v) is 16.8. The van der Waals surface area contributed by atoms with E-state index in [1.165, 1.54) is 12.1 Å². The quantitative estimate of drug-likeness (QED) is 0.625. The summed E-state index contributed by atoms with van der Waals surface area (Å²) in [5.74, 6) is -0.386. The molecule has 1 heterocycles. The molecular formula is C22H26F3NO3. The van der Waals surface area contributed by atoms with Gasteiger partial charge in [0.2, 0.25) is 0 Å². The van der Waals surface area contributed by atoms with Crippen molar-refractivity contribution in [2.24, 2.45) is 11.8 Å². The lowest BCUT2D eigenvalue weighted by atomic mass is 9.72. The zero-order valence-electron chi connectivity index (χ0n) is 16.8. The molecule has 1 aliphatic rings. The van der Waals surface area contributed by atoms with E-state index in [1.807, 2.05) is 6.92 Å². The van der Waals surface area contributed by atoms with Crippen LogP contribution in [0.1, 0.15) is 50.2 Å². The maximum absolute atomic E-state index is 13.2. The Bertz CT molecular complexity index is 868. The molecule has 0 spiro atoms. The highest BCUT2D eigenvalue weighted by molar-refractivity contribution is 5.83. The summed E-state index contributed by atoms with van der Waals surface area (Å²) in [6.07, 6.45) is -0.801. The summed E-state index contributed by atoms with van der Waals surface area (Å²) >= 11 is 0. The minimum atomic E-state index is -4.41. The third-order valence-corrected chi connectivity index (χ3v) is 6.00. The van der Waals surface area contributed by atoms with E-state index in [1.54, 1.807) is 26.3 Å². The average Bonchev–Trinajstić information content (AvgIpc) is 2.71. The number of halogens is 3. The minimum Gasteiger partial charge on any atom is -0.466 e. The highest BCUT2D eigenvalue weighted by Gasteiger charge is 2.37. The van der Waals surface area contributed by atoms with E-state index >= 15 is 0 Å². The monoisotopic (exact) mass is 409 g/mol. The molecular weight excluding hydrogens is 383 g/mol. The van der Waals surface area contributed by atoms with Crippen LogP contribution in [0.3, 0.4) is 0 Å². The SMILES string of the molecule is CCOC(=O)[C@@H](C)[C@H]1CC[C@@H](c2ccnc3ccc(C(F)(F)F)cc23)[C@@H](OC)C1. The van der Waals surface area contributed by atoms with Crippen LogP contribution in [-0.2, 0) is 20.4 Å². The first-order chi connectivity index (χ1) is 13.8. The van der Waals surface area contributed by atoms with Gasteiger partial charge in [-0.15, -0.1) is 0 Å². The molecule has 2 aromatic rings. The predicted octanol–water partition coefficient (Wildman–Crippen LogP) is 5.35. The van der Waals surface area contributed by atoms with Gasteiger partial charge in [-0.1, -0.05) is 6.92 Å². The minimum absolute atomic E-state index is 0.0559. The molecule has 1 aliphatic carbocycles. The van der Waals surface area contributed by atoms with Crippen molar-refractivity contribution in [2.45, 2.75) is 51.3 Å². The van der Waals surface area contributed by atoms with Crippen LogP contribution in [0.2, 0.25) is 0 Å². The molecule has 0 unspecified atom stereocenters. The summed E-state index contributed by atoms with van der Waals surface area (Å²) in [5.41, 5.74) is 0.667. The van der Waals surface area contributed by atoms with E-state index in [4.69, 9.17) is 9.47 Å². The molecule has 0 aliphatic heterocycles. The van der Waals surface area contributed by atoms with Gasteiger partial charge in [0.1, 0.15) is 0 Å². The van der Waals surface area contributed by atoms with E-state index < -0.39 is 11.7 Å². The van der Waals surface area contributed by atoms with Crippen LogP contribution in [0.4, 0.5) is 13.2 Å². The molecule has 29 heavy (non-hydrogen) atoms. The smallest absolute Gasteiger partial charge is 0.416 e. The van der Waals surface area contributed by atoms with E-state index in [-0.39, 0.29) is 29.8 Å². The van der Waals surface area contributed by atoms with Crippen LogP contribution in [0.5, 0.6) is 0 Å². The van der Waals surface area contributed by atoms with Crippen molar-refractivity contribution < 1.29 is 27.4 Å². The molecule has 7 heteroatoms. The number of esters is 1. The molecule has 158 valence electrons. The Balaban J connectivity index is 1.90. The van der Waals surface area contributed by atoms with Crippen molar-refractivity contribution in [3.05, 3.63) is 41.6 Å². The van der Waals surface area contributed by atoms with Gasteiger partial charge in [-0.05, 0) is 61.9 Å². The van der Waals surface area contributed by atoms with E-state index in [9.17, 15) is 18.0 Å². The van der Waals surface area contributed by atoms with Crippen molar-refractivity contribution in [3.8, 4) is 0 Å². The molecule has 0 saturated heterocycles. The number of benzene rings is 1. The van der Waals surface area contributed by atoms with Crippen LogP contribution in [0.25, 0.3) is 10.9 Å². The van der Waals surface area contributed by atoms with E-state index in [0.29, 0.717) is 23.9 Å². The van der Waals surface area contributed by atoms with Crippen LogP contribution >= 0.6 is 0 Å². The Labute approximate surface area is 168 Å². The average molecular weight is 409 g/mol. The molecule has 1 fully saturated rings. The van der Waals surface area contributed by atoms with Crippen molar-refractivity contribution in [1.29, 1.82) is 0 Å². The number of fused-ring (bicyclic) bond motifs is 1. The van der Waals surface area contributed by atoms with Gasteiger partial charge in [-0.2, -0.15) is 13.2 Å². The summed E-state index contributed by atoms with van der Waals surface area (Å²) in [6, 6.07) is 5.44. The first-order valence-corrected chi connectivity index (χ1v) is 9.91. The van der Waals surface area contributed by atoms with E-state index in [0.717, 1.165) is 24.5 Å². The third kappa shape index (κ3) is 4.55. The molecule has 0 N–H and O–H groups in total. The zero-order chi connectivity index (χ0) is 21.2. The number of hydrogen-bond acceptors (Lipinski definition) is 4. The van der Waals surface area contributed by atoms with Crippen LogP contribution in [-0.4, -0.2) is 30.8 Å². The molecule has 4 nitrogen and oxygen atoms in total. The summed E-state index contributed by atoms with van der Waals surface area (Å²) in [6.45, 7) is 3.99. The number of carbonyl (C=O) groups excluding carboxylic acids is 1. The molecule has 0 amide bonds. The Hall–Kier alpha value is -2.15. The maximum Gasteiger partial charge on any atom is 0.416 e. The standard InChI is InChI=1S/C22H26F3NO3/c1-4-29-21(27)13(2)14-5-7-17(20(11-14)28-3)16-9-10-26-19-8-6-15(12-18(16)19)22(23,24)25/h6,8-10,12-14,17,20H,4-5,7,11H2,1-3H3/t13-,14-,17-,20-/m0/s1. The second-order valence-corrected chi connectivity index (χ2v) is 7.62. The fourth-order valence-corrected chi connectivity index (χ4v) is 4.36. The van der Waals surface area contributed by atoms with Gasteiger partial charge >= 0.3 is 12.1 Å². The number of ether oxygens (including phenoxy) is 2. The highest BCUT2D eigenvalue weighted by atomic mass is 19.4. The van der Waals surface area contributed by atoms with E-state index in [2.05, 4.69) is 4.98 Å². The Morgan fingerprint density at radius 3 is 2.69 bits per heavy atom. The predicted molar refractivity (Wildman–Crippen MR) is 103 cm³/mol. The topological polar surface area (TPSA) is 48.4 Å². The first-order valence-electron chi connectivity index (χ1n) is 9.91. The molecule has 3 rings (SSSR count). The van der Waals surface area contributed by atoms with Gasteiger partial charge in [-0.25, -0.2) is 0 Å². The lowest BCUT2D eigenvalue weighted by Gasteiger charge is -2.37. The van der Waals surface area contributed by atoms with Crippen molar-refractivity contribution in [3.63, 3.8) is 0 Å². The van der Waals surface area contributed by atoms with Gasteiger partial charge in [0.25, 0.3) is 0 Å². The second kappa shape index (κ2) is 8.69.